The average Bonchev–Trinajstić information content (AvgIpc) is 3.42. The number of methoxy groups -OCH3 is 1. The van der Waals surface area contributed by atoms with Crippen LogP contribution in [-0.2, 0) is 11.3 Å². The maximum atomic E-state index is 13.2. The number of aryl methyl sites for hydroxylation is 2. The standard InChI is InChI=1S/C23H27F2N7O2/c1-4-32-19(14-7-13(2)21(34-3)26-10-14)30-17-18(27-12-28-20(17)32)29-16-5-6-31(11-16)22(33)15-8-23(24,25)9-15/h7,10,12,15-16H,4-6,8-9,11H2,1-3H3,(H,27,28,29). The summed E-state index contributed by atoms with van der Waals surface area (Å²) in [6.07, 6.45) is 3.25. The van der Waals surface area contributed by atoms with Crippen LogP contribution >= 0.6 is 0 Å². The first-order valence-electron chi connectivity index (χ1n) is 11.4. The number of nitrogens with one attached hydrogen (secondary N) is 1. The fourth-order valence-electron chi connectivity index (χ4n) is 4.83. The number of alkyl halides is 2. The van der Waals surface area contributed by atoms with E-state index in [4.69, 9.17) is 9.72 Å². The molecule has 0 aromatic carbocycles. The fraction of sp³-hybridized carbons (Fsp3) is 0.522. The first kappa shape index (κ1) is 22.4. The Morgan fingerprint density at radius 1 is 1.29 bits per heavy atom. The van der Waals surface area contributed by atoms with Crippen LogP contribution in [0.1, 0.15) is 31.7 Å². The monoisotopic (exact) mass is 471 g/mol. The highest BCUT2D eigenvalue weighted by Crippen LogP contribution is 2.43. The Hall–Kier alpha value is -3.37. The Bertz CT molecular complexity index is 1240. The molecule has 1 atom stereocenters. The molecule has 1 aliphatic carbocycles. The number of ether oxygens (including phenoxy) is 1. The molecule has 2 aliphatic rings. The molecule has 9 nitrogen and oxygen atoms in total. The average molecular weight is 472 g/mol. The number of hydrogen-bond acceptors (Lipinski definition) is 7. The van der Waals surface area contributed by atoms with Gasteiger partial charge in [0.15, 0.2) is 17.0 Å². The zero-order valence-electron chi connectivity index (χ0n) is 19.4. The van der Waals surface area contributed by atoms with E-state index in [-0.39, 0.29) is 24.8 Å². The smallest absolute Gasteiger partial charge is 0.249 e. The van der Waals surface area contributed by atoms with Gasteiger partial charge in [0.2, 0.25) is 17.7 Å². The fourth-order valence-corrected chi connectivity index (χ4v) is 4.83. The predicted octanol–water partition coefficient (Wildman–Crippen LogP) is 3.28. The van der Waals surface area contributed by atoms with E-state index in [1.54, 1.807) is 18.2 Å². The summed E-state index contributed by atoms with van der Waals surface area (Å²) in [6.45, 7) is 5.60. The number of carbonyl (C=O) groups is 1. The van der Waals surface area contributed by atoms with E-state index in [9.17, 15) is 13.6 Å². The summed E-state index contributed by atoms with van der Waals surface area (Å²) in [7, 11) is 1.59. The van der Waals surface area contributed by atoms with Gasteiger partial charge in [-0.25, -0.2) is 28.7 Å². The van der Waals surface area contributed by atoms with Gasteiger partial charge in [-0.1, -0.05) is 0 Å². The summed E-state index contributed by atoms with van der Waals surface area (Å²) in [5.41, 5.74) is 3.08. The second-order valence-corrected chi connectivity index (χ2v) is 9.00. The predicted molar refractivity (Wildman–Crippen MR) is 122 cm³/mol. The molecular weight excluding hydrogens is 444 g/mol. The van der Waals surface area contributed by atoms with Crippen molar-refractivity contribution in [2.75, 3.05) is 25.5 Å². The molecule has 0 bridgehead atoms. The number of halogens is 2. The van der Waals surface area contributed by atoms with Crippen LogP contribution in [0.5, 0.6) is 5.88 Å². The Balaban J connectivity index is 1.38. The van der Waals surface area contributed by atoms with Gasteiger partial charge in [0.1, 0.15) is 12.2 Å². The Morgan fingerprint density at radius 2 is 2.09 bits per heavy atom. The lowest BCUT2D eigenvalue weighted by molar-refractivity contribution is -0.158. The van der Waals surface area contributed by atoms with Crippen LogP contribution in [0.25, 0.3) is 22.6 Å². The van der Waals surface area contributed by atoms with E-state index in [0.717, 1.165) is 17.0 Å². The molecule has 11 heteroatoms. The lowest BCUT2D eigenvalue weighted by Crippen LogP contribution is -2.46. The maximum Gasteiger partial charge on any atom is 0.249 e. The summed E-state index contributed by atoms with van der Waals surface area (Å²) < 4.78 is 33.6. The van der Waals surface area contributed by atoms with Crippen molar-refractivity contribution in [2.45, 2.75) is 51.6 Å². The third-order valence-electron chi connectivity index (χ3n) is 6.61. The number of pyridine rings is 1. The first-order chi connectivity index (χ1) is 16.3. The van der Waals surface area contributed by atoms with Gasteiger partial charge in [-0.15, -0.1) is 0 Å². The summed E-state index contributed by atoms with van der Waals surface area (Å²) in [6, 6.07) is 1.94. The van der Waals surface area contributed by atoms with Crippen LogP contribution in [0.2, 0.25) is 0 Å². The number of rotatable bonds is 6. The molecule has 1 unspecified atom stereocenters. The molecular formula is C23H27F2N7O2. The van der Waals surface area contributed by atoms with Gasteiger partial charge in [0.05, 0.1) is 7.11 Å². The molecule has 0 spiro atoms. The topological polar surface area (TPSA) is 98.1 Å². The van der Waals surface area contributed by atoms with Gasteiger partial charge in [-0.2, -0.15) is 0 Å². The van der Waals surface area contributed by atoms with Crippen molar-refractivity contribution in [3.63, 3.8) is 0 Å². The van der Waals surface area contributed by atoms with Gasteiger partial charge >= 0.3 is 0 Å². The number of amides is 1. The van der Waals surface area contributed by atoms with Crippen molar-refractivity contribution in [3.8, 4) is 17.3 Å². The number of imidazole rings is 1. The molecule has 1 N–H and O–H groups in total. The second-order valence-electron chi connectivity index (χ2n) is 9.00. The van der Waals surface area contributed by atoms with Crippen molar-refractivity contribution in [1.82, 2.24) is 29.4 Å². The van der Waals surface area contributed by atoms with Crippen molar-refractivity contribution in [3.05, 3.63) is 24.2 Å². The summed E-state index contributed by atoms with van der Waals surface area (Å²) in [4.78, 5) is 32.3. The molecule has 3 aromatic rings. The zero-order valence-corrected chi connectivity index (χ0v) is 19.4. The van der Waals surface area contributed by atoms with E-state index in [2.05, 4.69) is 20.3 Å². The Morgan fingerprint density at radius 3 is 2.76 bits per heavy atom. The van der Waals surface area contributed by atoms with Gasteiger partial charge < -0.3 is 19.5 Å². The van der Waals surface area contributed by atoms with Crippen LogP contribution in [-0.4, -0.2) is 67.5 Å². The van der Waals surface area contributed by atoms with Crippen LogP contribution in [0.4, 0.5) is 14.6 Å². The minimum atomic E-state index is -2.70. The number of aromatic nitrogens is 5. The van der Waals surface area contributed by atoms with Gasteiger partial charge in [0, 0.05) is 61.8 Å². The van der Waals surface area contributed by atoms with Crippen molar-refractivity contribution in [1.29, 1.82) is 0 Å². The quantitative estimate of drug-likeness (QED) is 0.589. The molecule has 1 saturated heterocycles. The molecule has 1 saturated carbocycles. The highest BCUT2D eigenvalue weighted by atomic mass is 19.3. The minimum Gasteiger partial charge on any atom is -0.481 e. The van der Waals surface area contributed by atoms with E-state index in [0.29, 0.717) is 48.9 Å². The number of anilines is 1. The van der Waals surface area contributed by atoms with E-state index < -0.39 is 11.8 Å². The molecule has 3 aromatic heterocycles. The highest BCUT2D eigenvalue weighted by molar-refractivity contribution is 5.86. The number of likely N-dealkylation sites (tertiary alicyclic amines) is 1. The highest BCUT2D eigenvalue weighted by Gasteiger charge is 2.50. The Kier molecular flexibility index (Phi) is 5.57. The maximum absolute atomic E-state index is 13.2. The normalized spacial score (nSPS) is 19.9. The summed E-state index contributed by atoms with van der Waals surface area (Å²) >= 11 is 0. The molecule has 2 fully saturated rings. The van der Waals surface area contributed by atoms with Crippen molar-refractivity contribution in [2.24, 2.45) is 5.92 Å². The Labute approximate surface area is 195 Å². The number of carbonyl (C=O) groups excluding carboxylic acids is 1. The minimum absolute atomic E-state index is 0.0391. The SMILES string of the molecule is CCn1c(-c2cnc(OC)c(C)c2)nc2c(NC3CCN(C(=O)C4CC(F)(F)C4)C3)ncnc21. The van der Waals surface area contributed by atoms with Crippen molar-refractivity contribution < 1.29 is 18.3 Å². The lowest BCUT2D eigenvalue weighted by Gasteiger charge is -2.36. The van der Waals surface area contributed by atoms with Crippen molar-refractivity contribution >= 4 is 22.9 Å². The molecule has 4 heterocycles. The third-order valence-corrected chi connectivity index (χ3v) is 6.61. The third kappa shape index (κ3) is 3.92. The van der Waals surface area contributed by atoms with Gasteiger partial charge in [-0.3, -0.25) is 4.79 Å². The largest absolute Gasteiger partial charge is 0.481 e. The van der Waals surface area contributed by atoms with Crippen LogP contribution in [0.15, 0.2) is 18.6 Å². The van der Waals surface area contributed by atoms with Gasteiger partial charge in [-0.05, 0) is 26.3 Å². The molecule has 0 radical (unpaired) electrons. The van der Waals surface area contributed by atoms with Crippen LogP contribution in [0, 0.1) is 12.8 Å². The van der Waals surface area contributed by atoms with Crippen LogP contribution < -0.4 is 10.1 Å². The molecule has 1 amide bonds. The summed E-state index contributed by atoms with van der Waals surface area (Å²) in [5.74, 6) is -1.56. The van der Waals surface area contributed by atoms with Gasteiger partial charge in [0.25, 0.3) is 0 Å². The number of fused-ring (bicyclic) bond motifs is 1. The number of hydrogen-bond donors (Lipinski definition) is 1. The molecule has 34 heavy (non-hydrogen) atoms. The molecule has 5 rings (SSSR count). The first-order valence-corrected chi connectivity index (χ1v) is 11.4. The second kappa shape index (κ2) is 8.44. The van der Waals surface area contributed by atoms with E-state index in [1.165, 1.54) is 6.33 Å². The molecule has 1 aliphatic heterocycles. The van der Waals surface area contributed by atoms with E-state index in [1.807, 2.05) is 24.5 Å². The van der Waals surface area contributed by atoms with E-state index >= 15 is 0 Å². The summed E-state index contributed by atoms with van der Waals surface area (Å²) in [5, 5.41) is 3.40. The number of nitrogens with zero attached hydrogens (tertiary/aromatic N) is 6. The lowest BCUT2D eigenvalue weighted by atomic mass is 9.80. The zero-order chi connectivity index (χ0) is 24.0. The molecule has 180 valence electrons. The van der Waals surface area contributed by atoms with Crippen LogP contribution in [0.3, 0.4) is 0 Å².